The molecule has 2 aromatic rings. The fourth-order valence-corrected chi connectivity index (χ4v) is 2.74. The molecule has 5 heteroatoms. The molecular formula is C15H20BrN3O. The van der Waals surface area contributed by atoms with Gasteiger partial charge in [0.25, 0.3) is 0 Å². The van der Waals surface area contributed by atoms with Gasteiger partial charge >= 0.3 is 0 Å². The number of hydrogen-bond acceptors (Lipinski definition) is 3. The van der Waals surface area contributed by atoms with E-state index in [2.05, 4.69) is 34.0 Å². The molecule has 0 saturated carbocycles. The largest absolute Gasteiger partial charge is 0.497 e. The predicted molar refractivity (Wildman–Crippen MR) is 83.9 cm³/mol. The molecule has 1 heterocycles. The third-order valence-electron chi connectivity index (χ3n) is 3.42. The van der Waals surface area contributed by atoms with Gasteiger partial charge in [-0.1, -0.05) is 22.9 Å². The van der Waals surface area contributed by atoms with Crippen molar-refractivity contribution in [1.82, 2.24) is 9.78 Å². The molecule has 0 saturated heterocycles. The smallest absolute Gasteiger partial charge is 0.119 e. The van der Waals surface area contributed by atoms with Gasteiger partial charge in [0.1, 0.15) is 5.75 Å². The fraction of sp³-hybridized carbons (Fsp3) is 0.400. The van der Waals surface area contributed by atoms with E-state index in [0.29, 0.717) is 0 Å². The van der Waals surface area contributed by atoms with Gasteiger partial charge in [-0.2, -0.15) is 5.10 Å². The van der Waals surface area contributed by atoms with Crippen LogP contribution >= 0.6 is 15.9 Å². The highest BCUT2D eigenvalue weighted by Gasteiger charge is 2.14. The molecule has 1 unspecified atom stereocenters. The zero-order chi connectivity index (χ0) is 14.7. The van der Waals surface area contributed by atoms with Crippen molar-refractivity contribution in [3.8, 4) is 5.75 Å². The molecule has 4 nitrogen and oxygen atoms in total. The molecule has 0 aliphatic rings. The van der Waals surface area contributed by atoms with Gasteiger partial charge in [-0.3, -0.25) is 4.68 Å². The minimum Gasteiger partial charge on any atom is -0.497 e. The van der Waals surface area contributed by atoms with Crippen LogP contribution in [0, 0.1) is 0 Å². The van der Waals surface area contributed by atoms with Gasteiger partial charge in [-0.15, -0.1) is 0 Å². The molecule has 0 fully saturated rings. The highest BCUT2D eigenvalue weighted by molar-refractivity contribution is 9.10. The van der Waals surface area contributed by atoms with Gasteiger partial charge in [0.2, 0.25) is 0 Å². The minimum atomic E-state index is -0.0976. The number of aryl methyl sites for hydroxylation is 2. The van der Waals surface area contributed by atoms with Crippen LogP contribution in [0.4, 0.5) is 0 Å². The summed E-state index contributed by atoms with van der Waals surface area (Å²) in [5.74, 6) is 0.818. The van der Waals surface area contributed by atoms with E-state index in [4.69, 9.17) is 10.5 Å². The van der Waals surface area contributed by atoms with Gasteiger partial charge in [-0.05, 0) is 36.2 Å². The zero-order valence-electron chi connectivity index (χ0n) is 12.1. The van der Waals surface area contributed by atoms with Crippen LogP contribution in [0.1, 0.15) is 29.9 Å². The maximum atomic E-state index is 6.34. The average molecular weight is 338 g/mol. The Morgan fingerprint density at radius 2 is 2.15 bits per heavy atom. The maximum Gasteiger partial charge on any atom is 0.119 e. The summed E-state index contributed by atoms with van der Waals surface area (Å²) in [5, 5.41) is 4.46. The number of aromatic nitrogens is 2. The molecule has 0 bridgehead atoms. The number of halogens is 1. The standard InChI is InChI=1S/C15H20BrN3O/c1-4-10-7-11(19(2)18-10)8-15(17)13-9-12(20-3)5-6-14(13)16/h5-7,9,15H,4,8,17H2,1-3H3. The Morgan fingerprint density at radius 3 is 2.75 bits per heavy atom. The Bertz CT molecular complexity index is 595. The second kappa shape index (κ2) is 6.41. The molecule has 1 aromatic heterocycles. The molecule has 2 N–H and O–H groups in total. The summed E-state index contributed by atoms with van der Waals surface area (Å²) in [6.45, 7) is 2.10. The highest BCUT2D eigenvalue weighted by atomic mass is 79.9. The number of methoxy groups -OCH3 is 1. The van der Waals surface area contributed by atoms with Crippen LogP contribution in [0.5, 0.6) is 5.75 Å². The summed E-state index contributed by atoms with van der Waals surface area (Å²) in [7, 11) is 3.62. The van der Waals surface area contributed by atoms with Crippen molar-refractivity contribution in [3.63, 3.8) is 0 Å². The van der Waals surface area contributed by atoms with E-state index in [9.17, 15) is 0 Å². The van der Waals surface area contributed by atoms with E-state index in [0.717, 1.165) is 40.0 Å². The molecule has 0 spiro atoms. The minimum absolute atomic E-state index is 0.0976. The second-order valence-corrected chi connectivity index (χ2v) is 5.66. The van der Waals surface area contributed by atoms with Crippen molar-refractivity contribution in [3.05, 3.63) is 45.7 Å². The Balaban J connectivity index is 2.22. The van der Waals surface area contributed by atoms with Crippen molar-refractivity contribution in [2.45, 2.75) is 25.8 Å². The van der Waals surface area contributed by atoms with Crippen LogP contribution in [-0.4, -0.2) is 16.9 Å². The molecule has 0 radical (unpaired) electrons. The molecule has 0 aliphatic heterocycles. The number of benzene rings is 1. The summed E-state index contributed by atoms with van der Waals surface area (Å²) in [4.78, 5) is 0. The third kappa shape index (κ3) is 3.22. The zero-order valence-corrected chi connectivity index (χ0v) is 13.6. The highest BCUT2D eigenvalue weighted by Crippen LogP contribution is 2.28. The van der Waals surface area contributed by atoms with Crippen molar-refractivity contribution in [2.75, 3.05) is 7.11 Å². The lowest BCUT2D eigenvalue weighted by molar-refractivity contribution is 0.413. The van der Waals surface area contributed by atoms with Gasteiger partial charge < -0.3 is 10.5 Å². The number of nitrogens with two attached hydrogens (primary N) is 1. The molecule has 1 aromatic carbocycles. The van der Waals surface area contributed by atoms with Crippen LogP contribution in [-0.2, 0) is 19.9 Å². The van der Waals surface area contributed by atoms with E-state index in [1.165, 1.54) is 0 Å². The topological polar surface area (TPSA) is 53.1 Å². The summed E-state index contributed by atoms with van der Waals surface area (Å²) in [5.41, 5.74) is 9.63. The Labute approximate surface area is 128 Å². The van der Waals surface area contributed by atoms with Crippen molar-refractivity contribution in [2.24, 2.45) is 12.8 Å². The first-order valence-corrected chi connectivity index (χ1v) is 7.45. The molecule has 1 atom stereocenters. The summed E-state index contributed by atoms with van der Waals surface area (Å²) in [6.07, 6.45) is 1.68. The maximum absolute atomic E-state index is 6.34. The van der Waals surface area contributed by atoms with Crippen LogP contribution in [0.2, 0.25) is 0 Å². The number of rotatable bonds is 5. The molecule has 20 heavy (non-hydrogen) atoms. The van der Waals surface area contributed by atoms with E-state index in [1.807, 2.05) is 29.9 Å². The second-order valence-electron chi connectivity index (χ2n) is 4.80. The molecule has 2 rings (SSSR count). The van der Waals surface area contributed by atoms with Crippen LogP contribution in [0.15, 0.2) is 28.7 Å². The lowest BCUT2D eigenvalue weighted by atomic mass is 10.0. The van der Waals surface area contributed by atoms with Gasteiger partial charge in [-0.25, -0.2) is 0 Å². The molecule has 108 valence electrons. The Hall–Kier alpha value is -1.33. The van der Waals surface area contributed by atoms with Crippen LogP contribution in [0.3, 0.4) is 0 Å². The molecule has 0 amide bonds. The lowest BCUT2D eigenvalue weighted by Crippen LogP contribution is -2.16. The van der Waals surface area contributed by atoms with E-state index in [-0.39, 0.29) is 6.04 Å². The van der Waals surface area contributed by atoms with E-state index >= 15 is 0 Å². The summed E-state index contributed by atoms with van der Waals surface area (Å²) in [6, 6.07) is 7.88. The SMILES string of the molecule is CCc1cc(CC(N)c2cc(OC)ccc2Br)n(C)n1. The normalized spacial score (nSPS) is 12.4. The van der Waals surface area contributed by atoms with Crippen molar-refractivity contribution in [1.29, 1.82) is 0 Å². The first-order chi connectivity index (χ1) is 9.55. The van der Waals surface area contributed by atoms with Crippen LogP contribution in [0.25, 0.3) is 0 Å². The Kier molecular flexibility index (Phi) is 4.83. The monoisotopic (exact) mass is 337 g/mol. The lowest BCUT2D eigenvalue weighted by Gasteiger charge is -2.15. The molecule has 0 aliphatic carbocycles. The Morgan fingerprint density at radius 1 is 1.40 bits per heavy atom. The van der Waals surface area contributed by atoms with E-state index < -0.39 is 0 Å². The van der Waals surface area contributed by atoms with Gasteiger partial charge in [0.15, 0.2) is 0 Å². The molecular weight excluding hydrogens is 318 g/mol. The predicted octanol–water partition coefficient (Wildman–Crippen LogP) is 3.00. The van der Waals surface area contributed by atoms with Gasteiger partial charge in [0.05, 0.1) is 12.8 Å². The van der Waals surface area contributed by atoms with Crippen molar-refractivity contribution >= 4 is 15.9 Å². The van der Waals surface area contributed by atoms with E-state index in [1.54, 1.807) is 7.11 Å². The third-order valence-corrected chi connectivity index (χ3v) is 4.14. The average Bonchev–Trinajstić information content (AvgIpc) is 2.80. The van der Waals surface area contributed by atoms with Gasteiger partial charge in [0, 0.05) is 29.7 Å². The summed E-state index contributed by atoms with van der Waals surface area (Å²) < 4.78 is 8.17. The number of nitrogens with zero attached hydrogens (tertiary/aromatic N) is 2. The first kappa shape index (κ1) is 15.1. The number of ether oxygens (including phenoxy) is 1. The number of hydrogen-bond donors (Lipinski definition) is 1. The first-order valence-electron chi connectivity index (χ1n) is 6.66. The quantitative estimate of drug-likeness (QED) is 0.912. The van der Waals surface area contributed by atoms with Crippen LogP contribution < -0.4 is 10.5 Å². The van der Waals surface area contributed by atoms with Crippen molar-refractivity contribution < 1.29 is 4.74 Å². The fourth-order valence-electron chi connectivity index (χ4n) is 2.20. The summed E-state index contributed by atoms with van der Waals surface area (Å²) >= 11 is 3.55.